The van der Waals surface area contributed by atoms with E-state index in [4.69, 9.17) is 11.1 Å². The first-order valence-electron chi connectivity index (χ1n) is 6.85. The van der Waals surface area contributed by atoms with Gasteiger partial charge in [0.15, 0.2) is 0 Å². The monoisotopic (exact) mass is 266 g/mol. The largest absolute Gasteiger partial charge is 0.382 e. The van der Waals surface area contributed by atoms with Gasteiger partial charge in [-0.15, -0.1) is 0 Å². The van der Waals surface area contributed by atoms with E-state index in [1.807, 2.05) is 18.2 Å². The van der Waals surface area contributed by atoms with Gasteiger partial charge in [-0.25, -0.2) is 0 Å². The van der Waals surface area contributed by atoms with Crippen LogP contribution in [-0.4, -0.2) is 16.9 Å². The minimum atomic E-state index is 0.0101. The molecule has 0 saturated heterocycles. The van der Waals surface area contributed by atoms with Gasteiger partial charge in [0.1, 0.15) is 11.5 Å². The molecule has 102 valence electrons. The molecule has 1 aromatic carbocycles. The number of nitrogen functional groups attached to an aromatic ring is 1. The first kappa shape index (κ1) is 12.7. The number of anilines is 2. The van der Waals surface area contributed by atoms with Gasteiger partial charge in [0.2, 0.25) is 0 Å². The van der Waals surface area contributed by atoms with Crippen molar-refractivity contribution < 1.29 is 0 Å². The molecule has 0 bridgehead atoms. The Kier molecular flexibility index (Phi) is 3.14. The molecule has 3 N–H and O–H groups in total. The summed E-state index contributed by atoms with van der Waals surface area (Å²) in [5.41, 5.74) is 9.68. The Morgan fingerprint density at radius 1 is 1.25 bits per heavy atom. The summed E-state index contributed by atoms with van der Waals surface area (Å²) in [6, 6.07) is 12.7. The zero-order valence-corrected chi connectivity index (χ0v) is 11.5. The van der Waals surface area contributed by atoms with Crippen LogP contribution in [0.25, 0.3) is 0 Å². The normalized spacial score (nSPS) is 17.6. The van der Waals surface area contributed by atoms with Crippen molar-refractivity contribution in [1.82, 2.24) is 4.98 Å². The lowest BCUT2D eigenvalue weighted by Crippen LogP contribution is -2.35. The number of nitrogens with zero attached hydrogens (tertiary/aromatic N) is 2. The van der Waals surface area contributed by atoms with E-state index in [1.54, 1.807) is 6.20 Å². The Bertz CT molecular complexity index is 650. The molecule has 0 fully saturated rings. The van der Waals surface area contributed by atoms with Crippen LogP contribution in [0.2, 0.25) is 0 Å². The molecule has 0 spiro atoms. The summed E-state index contributed by atoms with van der Waals surface area (Å²) in [5, 5.41) is 7.73. The van der Waals surface area contributed by atoms with E-state index < -0.39 is 0 Å². The van der Waals surface area contributed by atoms with E-state index in [0.29, 0.717) is 11.7 Å². The van der Waals surface area contributed by atoms with Crippen LogP contribution in [0.3, 0.4) is 0 Å². The average molecular weight is 266 g/mol. The van der Waals surface area contributed by atoms with Crippen LogP contribution >= 0.6 is 0 Å². The van der Waals surface area contributed by atoms with Gasteiger partial charge in [-0.1, -0.05) is 18.2 Å². The number of nitrogens with two attached hydrogens (primary N) is 1. The molecule has 0 radical (unpaired) electrons. The summed E-state index contributed by atoms with van der Waals surface area (Å²) < 4.78 is 0. The molecule has 4 nitrogen and oxygen atoms in total. The van der Waals surface area contributed by atoms with Gasteiger partial charge in [0.25, 0.3) is 0 Å². The Morgan fingerprint density at radius 2 is 2.00 bits per heavy atom. The van der Waals surface area contributed by atoms with Crippen molar-refractivity contribution in [3.05, 3.63) is 53.9 Å². The molecular weight excluding hydrogens is 248 g/mol. The number of aryl methyl sites for hydroxylation is 1. The molecule has 1 aromatic heterocycles. The molecule has 3 rings (SSSR count). The van der Waals surface area contributed by atoms with Crippen molar-refractivity contribution in [2.24, 2.45) is 5.73 Å². The van der Waals surface area contributed by atoms with Crippen molar-refractivity contribution in [3.63, 3.8) is 0 Å². The lowest BCUT2D eigenvalue weighted by molar-refractivity contribution is 0.617. The first-order valence-corrected chi connectivity index (χ1v) is 6.85. The zero-order valence-electron chi connectivity index (χ0n) is 11.5. The van der Waals surface area contributed by atoms with E-state index in [2.05, 4.69) is 35.0 Å². The predicted molar refractivity (Wildman–Crippen MR) is 81.6 cm³/mol. The summed E-state index contributed by atoms with van der Waals surface area (Å²) in [7, 11) is 0. The fourth-order valence-corrected chi connectivity index (χ4v) is 2.85. The Balaban J connectivity index is 2.17. The summed E-state index contributed by atoms with van der Waals surface area (Å²) in [4.78, 5) is 6.52. The maximum Gasteiger partial charge on any atom is 0.143 e. The molecule has 1 aliphatic rings. The molecular formula is C16H18N4. The molecule has 1 unspecified atom stereocenters. The standard InChI is InChI=1S/C16H18N4/c1-11-8-9-12-5-2-3-6-13(12)20(11)14-7-4-10-19-15(14)16(17)18/h2-7,10-11H,8-9H2,1H3,(H3,17,18). The van der Waals surface area contributed by atoms with Gasteiger partial charge in [-0.05, 0) is 43.5 Å². The minimum absolute atomic E-state index is 0.0101. The van der Waals surface area contributed by atoms with Crippen molar-refractivity contribution in [1.29, 1.82) is 5.41 Å². The number of benzene rings is 1. The van der Waals surface area contributed by atoms with Crippen LogP contribution in [0.5, 0.6) is 0 Å². The molecule has 0 aliphatic carbocycles. The molecule has 2 heterocycles. The van der Waals surface area contributed by atoms with E-state index in [9.17, 15) is 0 Å². The van der Waals surface area contributed by atoms with Crippen molar-refractivity contribution in [2.45, 2.75) is 25.8 Å². The highest BCUT2D eigenvalue weighted by Crippen LogP contribution is 2.37. The van der Waals surface area contributed by atoms with Crippen LogP contribution in [0.15, 0.2) is 42.6 Å². The average Bonchev–Trinajstić information content (AvgIpc) is 2.47. The highest BCUT2D eigenvalue weighted by Gasteiger charge is 2.26. The third-order valence-corrected chi connectivity index (χ3v) is 3.82. The van der Waals surface area contributed by atoms with E-state index >= 15 is 0 Å². The number of para-hydroxylation sites is 1. The maximum absolute atomic E-state index is 7.73. The number of nitrogens with one attached hydrogen (secondary N) is 1. The van der Waals surface area contributed by atoms with Crippen molar-refractivity contribution in [3.8, 4) is 0 Å². The number of rotatable bonds is 2. The minimum Gasteiger partial charge on any atom is -0.382 e. The smallest absolute Gasteiger partial charge is 0.143 e. The number of amidine groups is 1. The molecule has 4 heteroatoms. The molecule has 0 amide bonds. The topological polar surface area (TPSA) is 66.0 Å². The van der Waals surface area contributed by atoms with Crippen LogP contribution in [-0.2, 0) is 6.42 Å². The van der Waals surface area contributed by atoms with Crippen molar-refractivity contribution in [2.75, 3.05) is 4.90 Å². The predicted octanol–water partition coefficient (Wildman–Crippen LogP) is 2.84. The third-order valence-electron chi connectivity index (χ3n) is 3.82. The second-order valence-corrected chi connectivity index (χ2v) is 5.17. The number of aromatic nitrogens is 1. The van der Waals surface area contributed by atoms with E-state index in [-0.39, 0.29) is 5.84 Å². The lowest BCUT2D eigenvalue weighted by atomic mass is 9.95. The van der Waals surface area contributed by atoms with Crippen LogP contribution in [0.1, 0.15) is 24.6 Å². The Labute approximate surface area is 118 Å². The highest BCUT2D eigenvalue weighted by molar-refractivity contribution is 5.99. The van der Waals surface area contributed by atoms with Gasteiger partial charge in [-0.2, -0.15) is 0 Å². The van der Waals surface area contributed by atoms with Gasteiger partial charge in [-0.3, -0.25) is 10.4 Å². The first-order chi connectivity index (χ1) is 9.68. The summed E-state index contributed by atoms with van der Waals surface area (Å²) in [6.07, 6.45) is 3.85. The number of hydrogen-bond acceptors (Lipinski definition) is 3. The summed E-state index contributed by atoms with van der Waals surface area (Å²) >= 11 is 0. The maximum atomic E-state index is 7.73. The Morgan fingerprint density at radius 3 is 2.80 bits per heavy atom. The van der Waals surface area contributed by atoms with Crippen molar-refractivity contribution >= 4 is 17.2 Å². The van der Waals surface area contributed by atoms with Gasteiger partial charge < -0.3 is 10.6 Å². The summed E-state index contributed by atoms with van der Waals surface area (Å²) in [6.45, 7) is 2.20. The molecule has 1 aliphatic heterocycles. The van der Waals surface area contributed by atoms with Crippen LogP contribution < -0.4 is 10.6 Å². The zero-order chi connectivity index (χ0) is 14.1. The molecule has 1 atom stereocenters. The number of pyridine rings is 1. The fraction of sp³-hybridized carbons (Fsp3) is 0.250. The number of hydrogen-bond donors (Lipinski definition) is 2. The fourth-order valence-electron chi connectivity index (χ4n) is 2.85. The SMILES string of the molecule is CC1CCc2ccccc2N1c1cccnc1C(=N)N. The number of fused-ring (bicyclic) bond motifs is 1. The quantitative estimate of drug-likeness (QED) is 0.649. The molecule has 2 aromatic rings. The molecule has 20 heavy (non-hydrogen) atoms. The second kappa shape index (κ2) is 4.96. The second-order valence-electron chi connectivity index (χ2n) is 5.17. The third kappa shape index (κ3) is 2.03. The van der Waals surface area contributed by atoms with Crippen LogP contribution in [0.4, 0.5) is 11.4 Å². The van der Waals surface area contributed by atoms with E-state index in [1.165, 1.54) is 11.3 Å². The Hall–Kier alpha value is -2.36. The molecule has 0 saturated carbocycles. The van der Waals surface area contributed by atoms with Gasteiger partial charge >= 0.3 is 0 Å². The van der Waals surface area contributed by atoms with Gasteiger partial charge in [0.05, 0.1) is 5.69 Å². The van der Waals surface area contributed by atoms with E-state index in [0.717, 1.165) is 18.5 Å². The lowest BCUT2D eigenvalue weighted by Gasteiger charge is -2.37. The summed E-state index contributed by atoms with van der Waals surface area (Å²) in [5.74, 6) is 0.0101. The highest BCUT2D eigenvalue weighted by atomic mass is 15.2. The van der Waals surface area contributed by atoms with Gasteiger partial charge in [0, 0.05) is 17.9 Å². The van der Waals surface area contributed by atoms with Crippen LogP contribution in [0, 0.1) is 5.41 Å².